The normalized spacial score (nSPS) is 17.9. The molecule has 0 saturated carbocycles. The number of hydrogen-bond donors (Lipinski definition) is 1. The zero-order chi connectivity index (χ0) is 14.7. The summed E-state index contributed by atoms with van der Waals surface area (Å²) in [7, 11) is 2.09. The molecule has 110 valence electrons. The van der Waals surface area contributed by atoms with Crippen LogP contribution in [-0.4, -0.2) is 18.8 Å². The lowest BCUT2D eigenvalue weighted by Gasteiger charge is -2.33. The highest BCUT2D eigenvalue weighted by molar-refractivity contribution is 7.99. The SMILES string of the molecule is CNC(CSc1ccccc1C)CC1Cc2ccccc21. The van der Waals surface area contributed by atoms with Gasteiger partial charge in [0.15, 0.2) is 0 Å². The first kappa shape index (κ1) is 14.7. The molecule has 2 aromatic rings. The van der Waals surface area contributed by atoms with Crippen molar-refractivity contribution < 1.29 is 0 Å². The maximum absolute atomic E-state index is 3.50. The van der Waals surface area contributed by atoms with Crippen LogP contribution >= 0.6 is 11.8 Å². The van der Waals surface area contributed by atoms with E-state index in [2.05, 4.69) is 67.8 Å². The van der Waals surface area contributed by atoms with E-state index in [0.717, 1.165) is 11.7 Å². The van der Waals surface area contributed by atoms with Gasteiger partial charge in [0.05, 0.1) is 0 Å². The third-order valence-corrected chi connectivity index (χ3v) is 5.81. The van der Waals surface area contributed by atoms with Gasteiger partial charge in [0.25, 0.3) is 0 Å². The number of hydrogen-bond acceptors (Lipinski definition) is 2. The summed E-state index contributed by atoms with van der Waals surface area (Å²) in [6.07, 6.45) is 2.50. The van der Waals surface area contributed by atoms with Gasteiger partial charge in [-0.3, -0.25) is 0 Å². The first-order valence-electron chi connectivity index (χ1n) is 7.71. The molecule has 1 N–H and O–H groups in total. The van der Waals surface area contributed by atoms with Crippen LogP contribution in [0.2, 0.25) is 0 Å². The second-order valence-corrected chi connectivity index (χ2v) is 6.96. The van der Waals surface area contributed by atoms with Crippen LogP contribution in [-0.2, 0) is 6.42 Å². The molecule has 0 bridgehead atoms. The van der Waals surface area contributed by atoms with Crippen LogP contribution < -0.4 is 5.32 Å². The second kappa shape index (κ2) is 6.67. The lowest BCUT2D eigenvalue weighted by Crippen LogP contribution is -2.32. The summed E-state index contributed by atoms with van der Waals surface area (Å²) in [6, 6.07) is 18.1. The first-order chi connectivity index (χ1) is 10.3. The molecule has 0 saturated heterocycles. The largest absolute Gasteiger partial charge is 0.316 e. The molecule has 0 aromatic heterocycles. The number of rotatable bonds is 6. The third-order valence-electron chi connectivity index (χ3n) is 4.47. The Labute approximate surface area is 132 Å². The molecule has 21 heavy (non-hydrogen) atoms. The standard InChI is InChI=1S/C19H23NS/c1-14-7-3-6-10-19(14)21-13-17(20-2)12-16-11-15-8-4-5-9-18(15)16/h3-10,16-17,20H,11-13H2,1-2H3. The highest BCUT2D eigenvalue weighted by atomic mass is 32.2. The Kier molecular flexibility index (Phi) is 4.67. The van der Waals surface area contributed by atoms with Crippen molar-refractivity contribution in [2.45, 2.75) is 36.6 Å². The molecular formula is C19H23NS. The molecule has 2 heteroatoms. The average Bonchev–Trinajstić information content (AvgIpc) is 2.49. The van der Waals surface area contributed by atoms with E-state index in [0.29, 0.717) is 6.04 Å². The van der Waals surface area contributed by atoms with Gasteiger partial charge in [-0.05, 0) is 55.5 Å². The van der Waals surface area contributed by atoms with E-state index >= 15 is 0 Å². The number of benzene rings is 2. The van der Waals surface area contributed by atoms with Crippen LogP contribution in [0.15, 0.2) is 53.4 Å². The van der Waals surface area contributed by atoms with Gasteiger partial charge in [0.2, 0.25) is 0 Å². The van der Waals surface area contributed by atoms with Gasteiger partial charge in [0.1, 0.15) is 0 Å². The first-order valence-corrected chi connectivity index (χ1v) is 8.70. The fraction of sp³-hybridized carbons (Fsp3) is 0.368. The van der Waals surface area contributed by atoms with Crippen molar-refractivity contribution in [1.82, 2.24) is 5.32 Å². The summed E-state index contributed by atoms with van der Waals surface area (Å²) in [5.41, 5.74) is 4.49. The lowest BCUT2D eigenvalue weighted by molar-refractivity contribution is 0.468. The Morgan fingerprint density at radius 3 is 2.67 bits per heavy atom. The Morgan fingerprint density at radius 1 is 1.14 bits per heavy atom. The maximum atomic E-state index is 3.50. The van der Waals surface area contributed by atoms with Crippen molar-refractivity contribution >= 4 is 11.8 Å². The summed E-state index contributed by atoms with van der Waals surface area (Å²) >= 11 is 1.98. The van der Waals surface area contributed by atoms with Gasteiger partial charge in [-0.25, -0.2) is 0 Å². The van der Waals surface area contributed by atoms with E-state index in [1.54, 1.807) is 11.1 Å². The Bertz CT molecular complexity index is 608. The van der Waals surface area contributed by atoms with E-state index in [1.165, 1.54) is 23.3 Å². The van der Waals surface area contributed by atoms with Crippen molar-refractivity contribution in [1.29, 1.82) is 0 Å². The van der Waals surface area contributed by atoms with Crippen molar-refractivity contribution in [3.8, 4) is 0 Å². The average molecular weight is 297 g/mol. The smallest absolute Gasteiger partial charge is 0.0164 e. The number of nitrogens with one attached hydrogen (secondary N) is 1. The van der Waals surface area contributed by atoms with Gasteiger partial charge < -0.3 is 5.32 Å². The maximum Gasteiger partial charge on any atom is 0.0164 e. The summed E-state index contributed by atoms with van der Waals surface area (Å²) in [5.74, 6) is 1.89. The molecule has 2 unspecified atom stereocenters. The van der Waals surface area contributed by atoms with E-state index in [9.17, 15) is 0 Å². The predicted octanol–water partition coefficient (Wildman–Crippen LogP) is 4.41. The van der Waals surface area contributed by atoms with Crippen LogP contribution in [0.5, 0.6) is 0 Å². The summed E-state index contributed by atoms with van der Waals surface area (Å²) in [4.78, 5) is 1.41. The molecule has 0 fully saturated rings. The monoisotopic (exact) mass is 297 g/mol. The highest BCUT2D eigenvalue weighted by Crippen LogP contribution is 2.38. The van der Waals surface area contributed by atoms with Gasteiger partial charge in [-0.15, -0.1) is 11.8 Å². The minimum absolute atomic E-state index is 0.577. The molecule has 0 spiro atoms. The molecule has 0 amide bonds. The summed E-state index contributed by atoms with van der Waals surface area (Å²) < 4.78 is 0. The predicted molar refractivity (Wildman–Crippen MR) is 92.3 cm³/mol. The third kappa shape index (κ3) is 3.33. The molecule has 0 radical (unpaired) electrons. The Balaban J connectivity index is 1.56. The van der Waals surface area contributed by atoms with Crippen molar-refractivity contribution in [3.05, 3.63) is 65.2 Å². The summed E-state index contributed by atoms with van der Waals surface area (Å²) in [5, 5.41) is 3.50. The minimum Gasteiger partial charge on any atom is -0.316 e. The summed E-state index contributed by atoms with van der Waals surface area (Å²) in [6.45, 7) is 2.19. The molecule has 0 aliphatic heterocycles. The molecule has 1 aliphatic carbocycles. The molecule has 2 atom stereocenters. The van der Waals surface area contributed by atoms with E-state index < -0.39 is 0 Å². The fourth-order valence-corrected chi connectivity index (χ4v) is 4.25. The van der Waals surface area contributed by atoms with Crippen molar-refractivity contribution in [2.75, 3.05) is 12.8 Å². The Morgan fingerprint density at radius 2 is 1.90 bits per heavy atom. The molecule has 1 nitrogen and oxygen atoms in total. The van der Waals surface area contributed by atoms with Crippen molar-refractivity contribution in [2.24, 2.45) is 0 Å². The fourth-order valence-electron chi connectivity index (χ4n) is 3.09. The van der Waals surface area contributed by atoms with Gasteiger partial charge in [0, 0.05) is 16.7 Å². The zero-order valence-electron chi connectivity index (χ0n) is 12.8. The van der Waals surface area contributed by atoms with Crippen LogP contribution in [0, 0.1) is 6.92 Å². The molecule has 2 aromatic carbocycles. The quantitative estimate of drug-likeness (QED) is 0.793. The van der Waals surface area contributed by atoms with E-state index in [1.807, 2.05) is 11.8 Å². The van der Waals surface area contributed by atoms with Crippen LogP contribution in [0.1, 0.15) is 29.0 Å². The van der Waals surface area contributed by atoms with Crippen LogP contribution in [0.25, 0.3) is 0 Å². The minimum atomic E-state index is 0.577. The number of thioether (sulfide) groups is 1. The van der Waals surface area contributed by atoms with Gasteiger partial charge >= 0.3 is 0 Å². The molecule has 3 rings (SSSR count). The van der Waals surface area contributed by atoms with E-state index in [4.69, 9.17) is 0 Å². The molecular weight excluding hydrogens is 274 g/mol. The zero-order valence-corrected chi connectivity index (χ0v) is 13.6. The lowest BCUT2D eigenvalue weighted by atomic mass is 9.74. The highest BCUT2D eigenvalue weighted by Gasteiger charge is 2.27. The van der Waals surface area contributed by atoms with Gasteiger partial charge in [-0.1, -0.05) is 42.5 Å². The number of fused-ring (bicyclic) bond motifs is 1. The van der Waals surface area contributed by atoms with E-state index in [-0.39, 0.29) is 0 Å². The van der Waals surface area contributed by atoms with Crippen molar-refractivity contribution in [3.63, 3.8) is 0 Å². The molecule has 1 aliphatic rings. The van der Waals surface area contributed by atoms with Gasteiger partial charge in [-0.2, -0.15) is 0 Å². The van der Waals surface area contributed by atoms with Crippen LogP contribution in [0.3, 0.4) is 0 Å². The topological polar surface area (TPSA) is 12.0 Å². The Hall–Kier alpha value is -1.25. The van der Waals surface area contributed by atoms with Crippen LogP contribution in [0.4, 0.5) is 0 Å². The molecule has 0 heterocycles. The second-order valence-electron chi connectivity index (χ2n) is 5.90. The number of aryl methyl sites for hydroxylation is 1.